The molecule has 0 unspecified atom stereocenters. The highest BCUT2D eigenvalue weighted by atomic mass is 16.1. The van der Waals surface area contributed by atoms with E-state index in [2.05, 4.69) is 32.4 Å². The van der Waals surface area contributed by atoms with Crippen molar-refractivity contribution < 1.29 is 4.79 Å². The minimum absolute atomic E-state index is 0.238. The molecule has 0 radical (unpaired) electrons. The Hall–Kier alpha value is -1.85. The molecule has 1 aromatic rings. The Bertz CT molecular complexity index is 573. The van der Waals surface area contributed by atoms with Gasteiger partial charge in [0, 0.05) is 38.2 Å². The van der Waals surface area contributed by atoms with Crippen LogP contribution >= 0.6 is 0 Å². The van der Waals surface area contributed by atoms with Gasteiger partial charge >= 0.3 is 0 Å². The van der Waals surface area contributed by atoms with Gasteiger partial charge in [-0.25, -0.2) is 9.97 Å². The highest BCUT2D eigenvalue weighted by Crippen LogP contribution is 2.25. The zero-order valence-electron chi connectivity index (χ0n) is 16.0. The summed E-state index contributed by atoms with van der Waals surface area (Å²) in [6.45, 7) is 5.10. The van der Waals surface area contributed by atoms with Gasteiger partial charge in [-0.2, -0.15) is 0 Å². The normalized spacial score (nSPS) is 21.0. The van der Waals surface area contributed by atoms with Crippen molar-refractivity contribution in [1.82, 2.24) is 15.3 Å². The second kappa shape index (κ2) is 9.74. The van der Waals surface area contributed by atoms with Crippen molar-refractivity contribution >= 4 is 17.5 Å². The Morgan fingerprint density at radius 3 is 2.88 bits per heavy atom. The van der Waals surface area contributed by atoms with Crippen LogP contribution in [0.15, 0.2) is 12.4 Å². The van der Waals surface area contributed by atoms with Gasteiger partial charge in [-0.15, -0.1) is 0 Å². The zero-order chi connectivity index (χ0) is 18.2. The van der Waals surface area contributed by atoms with Gasteiger partial charge in [0.2, 0.25) is 5.91 Å². The fourth-order valence-corrected chi connectivity index (χ4v) is 4.08. The molecule has 1 amide bonds. The third-order valence-corrected chi connectivity index (χ3v) is 5.55. The number of hydrogen-bond donors (Lipinski definition) is 2. The summed E-state index contributed by atoms with van der Waals surface area (Å²) in [4.78, 5) is 23.3. The smallest absolute Gasteiger partial charge is 0.220 e. The molecule has 1 aliphatic carbocycles. The maximum absolute atomic E-state index is 12.2. The molecule has 1 saturated carbocycles. The molecular weight excluding hydrogens is 326 g/mol. The van der Waals surface area contributed by atoms with Crippen LogP contribution < -0.4 is 15.5 Å². The average molecular weight is 360 g/mol. The molecule has 2 N–H and O–H groups in total. The maximum atomic E-state index is 12.2. The summed E-state index contributed by atoms with van der Waals surface area (Å²) in [5.74, 6) is 2.70. The zero-order valence-corrected chi connectivity index (χ0v) is 16.0. The molecule has 0 spiro atoms. The molecule has 2 heterocycles. The lowest BCUT2D eigenvalue weighted by molar-refractivity contribution is -0.122. The molecule has 2 fully saturated rings. The monoisotopic (exact) mass is 359 g/mol. The summed E-state index contributed by atoms with van der Waals surface area (Å²) in [5, 5.41) is 6.54. The van der Waals surface area contributed by atoms with E-state index in [1.54, 1.807) is 6.33 Å². The van der Waals surface area contributed by atoms with Crippen LogP contribution in [0, 0.1) is 5.92 Å². The van der Waals surface area contributed by atoms with Crippen molar-refractivity contribution in [3.63, 3.8) is 0 Å². The van der Waals surface area contributed by atoms with Crippen LogP contribution in [0.25, 0.3) is 0 Å². The summed E-state index contributed by atoms with van der Waals surface area (Å²) in [5.41, 5.74) is 0. The summed E-state index contributed by atoms with van der Waals surface area (Å²) in [7, 11) is 0. The van der Waals surface area contributed by atoms with E-state index in [1.807, 2.05) is 6.07 Å². The van der Waals surface area contributed by atoms with Crippen molar-refractivity contribution in [2.75, 3.05) is 29.9 Å². The molecule has 6 nitrogen and oxygen atoms in total. The average Bonchev–Trinajstić information content (AvgIpc) is 3.18. The summed E-state index contributed by atoms with van der Waals surface area (Å²) in [6.07, 6.45) is 11.6. The van der Waals surface area contributed by atoms with Gasteiger partial charge in [0.25, 0.3) is 0 Å². The number of nitrogens with one attached hydrogen (secondary N) is 2. The van der Waals surface area contributed by atoms with Crippen molar-refractivity contribution in [1.29, 1.82) is 0 Å². The molecule has 1 atom stereocenters. The summed E-state index contributed by atoms with van der Waals surface area (Å²) in [6, 6.07) is 2.48. The minimum Gasteiger partial charge on any atom is -0.370 e. The first kappa shape index (κ1) is 18.9. The number of nitrogens with zero attached hydrogens (tertiary/aromatic N) is 3. The van der Waals surface area contributed by atoms with E-state index < -0.39 is 0 Å². The topological polar surface area (TPSA) is 70.2 Å². The van der Waals surface area contributed by atoms with E-state index in [9.17, 15) is 4.79 Å². The third-order valence-electron chi connectivity index (χ3n) is 5.55. The molecule has 0 bridgehead atoms. The van der Waals surface area contributed by atoms with E-state index in [0.717, 1.165) is 63.4 Å². The first-order valence-corrected chi connectivity index (χ1v) is 10.3. The van der Waals surface area contributed by atoms with Gasteiger partial charge < -0.3 is 15.5 Å². The predicted molar refractivity (Wildman–Crippen MR) is 105 cm³/mol. The molecule has 6 heteroatoms. The number of rotatable bonds is 8. The number of carbonyl (C=O) groups is 1. The first-order valence-electron chi connectivity index (χ1n) is 10.3. The Balaban J connectivity index is 1.47. The molecule has 1 aromatic heterocycles. The number of anilines is 2. The molecule has 1 saturated heterocycles. The van der Waals surface area contributed by atoms with E-state index in [0.29, 0.717) is 18.4 Å². The van der Waals surface area contributed by atoms with Crippen LogP contribution in [0.1, 0.15) is 64.7 Å². The second-order valence-corrected chi connectivity index (χ2v) is 7.73. The molecule has 1 aliphatic heterocycles. The highest BCUT2D eigenvalue weighted by Gasteiger charge is 2.23. The van der Waals surface area contributed by atoms with E-state index in [4.69, 9.17) is 0 Å². The number of aromatic nitrogens is 2. The lowest BCUT2D eigenvalue weighted by Crippen LogP contribution is -2.37. The largest absolute Gasteiger partial charge is 0.370 e. The standard InChI is InChI=1S/C20H33N5O/c1-2-11-21-18-13-19(23-15-22-18)25-12-5-6-16(14-25)9-10-20(26)24-17-7-3-4-8-17/h13,15-17H,2-12,14H2,1H3,(H,24,26)(H,21,22,23)/t16-/m0/s1. The van der Waals surface area contributed by atoms with Gasteiger partial charge in [-0.05, 0) is 44.4 Å². The Labute approximate surface area is 157 Å². The van der Waals surface area contributed by atoms with Crippen LogP contribution in [0.3, 0.4) is 0 Å². The molecule has 0 aromatic carbocycles. The first-order chi connectivity index (χ1) is 12.7. The number of piperidine rings is 1. The molecule has 2 aliphatic rings. The lowest BCUT2D eigenvalue weighted by atomic mass is 9.93. The quantitative estimate of drug-likeness (QED) is 0.745. The number of hydrogen-bond acceptors (Lipinski definition) is 5. The number of carbonyl (C=O) groups excluding carboxylic acids is 1. The summed E-state index contributed by atoms with van der Waals surface area (Å²) >= 11 is 0. The number of amides is 1. The van der Waals surface area contributed by atoms with Crippen LogP contribution in [0.5, 0.6) is 0 Å². The van der Waals surface area contributed by atoms with Gasteiger partial charge in [0.15, 0.2) is 0 Å². The molecule has 26 heavy (non-hydrogen) atoms. The van der Waals surface area contributed by atoms with Crippen molar-refractivity contribution in [2.45, 2.75) is 70.8 Å². The van der Waals surface area contributed by atoms with Crippen LogP contribution in [0.2, 0.25) is 0 Å². The second-order valence-electron chi connectivity index (χ2n) is 7.73. The van der Waals surface area contributed by atoms with Crippen LogP contribution in [-0.4, -0.2) is 41.6 Å². The highest BCUT2D eigenvalue weighted by molar-refractivity contribution is 5.76. The van der Waals surface area contributed by atoms with Crippen LogP contribution in [0.4, 0.5) is 11.6 Å². The van der Waals surface area contributed by atoms with E-state index in [-0.39, 0.29) is 5.91 Å². The maximum Gasteiger partial charge on any atom is 0.220 e. The summed E-state index contributed by atoms with van der Waals surface area (Å²) < 4.78 is 0. The van der Waals surface area contributed by atoms with Gasteiger partial charge in [0.05, 0.1) is 0 Å². The Morgan fingerprint density at radius 1 is 1.23 bits per heavy atom. The molecular formula is C20H33N5O. The fraction of sp³-hybridized carbons (Fsp3) is 0.750. The fourth-order valence-electron chi connectivity index (χ4n) is 4.08. The SMILES string of the molecule is CCCNc1cc(N2CCC[C@@H](CCC(=O)NC3CCCC3)C2)ncn1. The van der Waals surface area contributed by atoms with Gasteiger partial charge in [-0.3, -0.25) is 4.79 Å². The van der Waals surface area contributed by atoms with Gasteiger partial charge in [0.1, 0.15) is 18.0 Å². The Kier molecular flexibility index (Phi) is 7.09. The van der Waals surface area contributed by atoms with Crippen LogP contribution in [-0.2, 0) is 4.79 Å². The van der Waals surface area contributed by atoms with Crippen molar-refractivity contribution in [2.24, 2.45) is 5.92 Å². The molecule has 144 valence electrons. The van der Waals surface area contributed by atoms with Gasteiger partial charge in [-0.1, -0.05) is 19.8 Å². The van der Waals surface area contributed by atoms with Crippen molar-refractivity contribution in [3.05, 3.63) is 12.4 Å². The minimum atomic E-state index is 0.238. The lowest BCUT2D eigenvalue weighted by Gasteiger charge is -2.33. The van der Waals surface area contributed by atoms with Crippen molar-refractivity contribution in [3.8, 4) is 0 Å². The van der Waals surface area contributed by atoms with E-state index in [1.165, 1.54) is 19.3 Å². The predicted octanol–water partition coefficient (Wildman–Crippen LogP) is 3.35. The molecule has 3 rings (SSSR count). The Morgan fingerprint density at radius 2 is 2.08 bits per heavy atom. The van der Waals surface area contributed by atoms with E-state index >= 15 is 0 Å². The third kappa shape index (κ3) is 5.58.